The van der Waals surface area contributed by atoms with E-state index in [1.165, 1.54) is 12.2 Å². The first-order chi connectivity index (χ1) is 5.36. The molecule has 2 nitrogen and oxygen atoms in total. The smallest absolute Gasteiger partial charge is 0.0643 e. The van der Waals surface area contributed by atoms with Crippen molar-refractivity contribution in [3.05, 3.63) is 0 Å². The lowest BCUT2D eigenvalue weighted by molar-refractivity contribution is -0.00902. The van der Waals surface area contributed by atoms with E-state index in [-0.39, 0.29) is 0 Å². The Labute approximate surface area is 73.1 Å². The molecule has 1 rings (SSSR count). The SMILES string of the molecule is CCC(CSC)NC1COC1. The Morgan fingerprint density at radius 1 is 1.64 bits per heavy atom. The molecule has 3 heteroatoms. The fraction of sp³-hybridized carbons (Fsp3) is 1.00. The summed E-state index contributed by atoms with van der Waals surface area (Å²) in [6.07, 6.45) is 3.37. The first kappa shape index (κ1) is 9.36. The average molecular weight is 175 g/mol. The van der Waals surface area contributed by atoms with Crippen LogP contribution in [0.2, 0.25) is 0 Å². The quantitative estimate of drug-likeness (QED) is 0.676. The number of ether oxygens (including phenoxy) is 1. The number of nitrogens with one attached hydrogen (secondary N) is 1. The molecule has 1 fully saturated rings. The zero-order valence-corrected chi connectivity index (χ0v) is 8.12. The molecule has 0 spiro atoms. The minimum Gasteiger partial charge on any atom is -0.378 e. The fourth-order valence-electron chi connectivity index (χ4n) is 1.15. The van der Waals surface area contributed by atoms with Gasteiger partial charge in [0.1, 0.15) is 0 Å². The van der Waals surface area contributed by atoms with Crippen LogP contribution in [0.15, 0.2) is 0 Å². The summed E-state index contributed by atoms with van der Waals surface area (Å²) in [6.45, 7) is 4.04. The highest BCUT2D eigenvalue weighted by atomic mass is 32.2. The molecule has 0 aliphatic carbocycles. The molecule has 0 saturated carbocycles. The Balaban J connectivity index is 2.08. The molecular formula is C8H17NOS. The first-order valence-electron chi connectivity index (χ1n) is 4.19. The molecule has 0 radical (unpaired) electrons. The summed E-state index contributed by atoms with van der Waals surface area (Å²) in [4.78, 5) is 0. The van der Waals surface area contributed by atoms with Gasteiger partial charge in [0, 0.05) is 11.8 Å². The molecule has 1 saturated heterocycles. The highest BCUT2D eigenvalue weighted by Crippen LogP contribution is 2.06. The molecule has 11 heavy (non-hydrogen) atoms. The zero-order chi connectivity index (χ0) is 8.10. The van der Waals surface area contributed by atoms with Crippen LogP contribution >= 0.6 is 11.8 Å². The number of thioether (sulfide) groups is 1. The van der Waals surface area contributed by atoms with Gasteiger partial charge in [-0.15, -0.1) is 0 Å². The van der Waals surface area contributed by atoms with Crippen LogP contribution < -0.4 is 5.32 Å². The van der Waals surface area contributed by atoms with Crippen LogP contribution in [-0.2, 0) is 4.74 Å². The average Bonchev–Trinajstić information content (AvgIpc) is 1.94. The van der Waals surface area contributed by atoms with Crippen LogP contribution in [0.5, 0.6) is 0 Å². The van der Waals surface area contributed by atoms with Crippen molar-refractivity contribution in [1.82, 2.24) is 5.32 Å². The van der Waals surface area contributed by atoms with Crippen molar-refractivity contribution in [2.24, 2.45) is 0 Å². The summed E-state index contributed by atoms with van der Waals surface area (Å²) in [6, 6.07) is 1.31. The number of rotatable bonds is 5. The largest absolute Gasteiger partial charge is 0.378 e. The lowest BCUT2D eigenvalue weighted by Crippen LogP contribution is -2.50. The van der Waals surface area contributed by atoms with Crippen LogP contribution in [0.3, 0.4) is 0 Å². The zero-order valence-electron chi connectivity index (χ0n) is 7.30. The van der Waals surface area contributed by atoms with Gasteiger partial charge in [0.25, 0.3) is 0 Å². The second-order valence-electron chi connectivity index (χ2n) is 2.96. The third kappa shape index (κ3) is 3.01. The molecule has 66 valence electrons. The predicted molar refractivity (Wildman–Crippen MR) is 50.2 cm³/mol. The molecule has 0 aromatic rings. The molecule has 1 atom stereocenters. The molecule has 1 N–H and O–H groups in total. The van der Waals surface area contributed by atoms with Crippen molar-refractivity contribution in [1.29, 1.82) is 0 Å². The first-order valence-corrected chi connectivity index (χ1v) is 5.59. The highest BCUT2D eigenvalue weighted by molar-refractivity contribution is 7.98. The maximum absolute atomic E-state index is 5.09. The summed E-state index contributed by atoms with van der Waals surface area (Å²) >= 11 is 1.91. The minimum atomic E-state index is 0.632. The highest BCUT2D eigenvalue weighted by Gasteiger charge is 2.20. The summed E-state index contributed by atoms with van der Waals surface area (Å²) in [5, 5.41) is 3.56. The number of hydrogen-bond donors (Lipinski definition) is 1. The van der Waals surface area contributed by atoms with Crippen LogP contribution in [0.1, 0.15) is 13.3 Å². The van der Waals surface area contributed by atoms with E-state index in [4.69, 9.17) is 4.74 Å². The van der Waals surface area contributed by atoms with Crippen molar-refractivity contribution in [3.8, 4) is 0 Å². The summed E-state index contributed by atoms with van der Waals surface area (Å²) in [7, 11) is 0. The Kier molecular flexibility index (Phi) is 4.26. The fourth-order valence-corrected chi connectivity index (χ4v) is 1.88. The van der Waals surface area contributed by atoms with E-state index in [1.54, 1.807) is 0 Å². The summed E-state index contributed by atoms with van der Waals surface area (Å²) in [5.41, 5.74) is 0. The summed E-state index contributed by atoms with van der Waals surface area (Å²) in [5.74, 6) is 1.22. The molecule has 1 aliphatic rings. The predicted octanol–water partition coefficient (Wildman–Crippen LogP) is 1.12. The van der Waals surface area contributed by atoms with Gasteiger partial charge in [-0.2, -0.15) is 11.8 Å². The van der Waals surface area contributed by atoms with E-state index in [2.05, 4.69) is 18.5 Å². The molecular weight excluding hydrogens is 158 g/mol. The van der Waals surface area contributed by atoms with Gasteiger partial charge in [0.2, 0.25) is 0 Å². The normalized spacial score (nSPS) is 21.3. The lowest BCUT2D eigenvalue weighted by Gasteiger charge is -2.30. The van der Waals surface area contributed by atoms with E-state index in [0.29, 0.717) is 12.1 Å². The van der Waals surface area contributed by atoms with Gasteiger partial charge in [-0.1, -0.05) is 6.92 Å². The van der Waals surface area contributed by atoms with E-state index in [9.17, 15) is 0 Å². The van der Waals surface area contributed by atoms with Crippen molar-refractivity contribution in [2.75, 3.05) is 25.2 Å². The lowest BCUT2D eigenvalue weighted by atomic mass is 10.2. The maximum Gasteiger partial charge on any atom is 0.0643 e. The molecule has 0 aromatic carbocycles. The molecule has 0 bridgehead atoms. The molecule has 1 aliphatic heterocycles. The third-order valence-corrected chi connectivity index (χ3v) is 2.71. The standard InChI is InChI=1S/C8H17NOS/c1-3-7(6-11-2)9-8-4-10-5-8/h7-9H,3-6H2,1-2H3. The van der Waals surface area contributed by atoms with Gasteiger partial charge in [-0.05, 0) is 12.7 Å². The second-order valence-corrected chi connectivity index (χ2v) is 3.87. The van der Waals surface area contributed by atoms with Gasteiger partial charge >= 0.3 is 0 Å². The van der Waals surface area contributed by atoms with E-state index in [0.717, 1.165) is 13.2 Å². The molecule has 1 heterocycles. The van der Waals surface area contributed by atoms with Crippen molar-refractivity contribution in [3.63, 3.8) is 0 Å². The Bertz CT molecular complexity index is 106. The van der Waals surface area contributed by atoms with Gasteiger partial charge in [0.15, 0.2) is 0 Å². The molecule has 1 unspecified atom stereocenters. The Morgan fingerprint density at radius 3 is 2.73 bits per heavy atom. The number of hydrogen-bond acceptors (Lipinski definition) is 3. The van der Waals surface area contributed by atoms with Gasteiger partial charge in [0.05, 0.1) is 19.3 Å². The van der Waals surface area contributed by atoms with Gasteiger partial charge in [-0.25, -0.2) is 0 Å². The summed E-state index contributed by atoms with van der Waals surface area (Å²) < 4.78 is 5.09. The Hall–Kier alpha value is 0.270. The van der Waals surface area contributed by atoms with Crippen LogP contribution in [0.25, 0.3) is 0 Å². The van der Waals surface area contributed by atoms with E-state index in [1.807, 2.05) is 11.8 Å². The van der Waals surface area contributed by atoms with Crippen molar-refractivity contribution >= 4 is 11.8 Å². The monoisotopic (exact) mass is 175 g/mol. The minimum absolute atomic E-state index is 0.632. The molecule has 0 aromatic heterocycles. The topological polar surface area (TPSA) is 21.3 Å². The third-order valence-electron chi connectivity index (χ3n) is 1.97. The van der Waals surface area contributed by atoms with E-state index >= 15 is 0 Å². The Morgan fingerprint density at radius 2 is 2.36 bits per heavy atom. The van der Waals surface area contributed by atoms with Crippen LogP contribution in [-0.4, -0.2) is 37.3 Å². The van der Waals surface area contributed by atoms with Crippen LogP contribution in [0, 0.1) is 0 Å². The maximum atomic E-state index is 5.09. The van der Waals surface area contributed by atoms with Crippen LogP contribution in [0.4, 0.5) is 0 Å². The van der Waals surface area contributed by atoms with E-state index < -0.39 is 0 Å². The van der Waals surface area contributed by atoms with Gasteiger partial charge < -0.3 is 10.1 Å². The van der Waals surface area contributed by atoms with Crippen molar-refractivity contribution in [2.45, 2.75) is 25.4 Å². The molecule has 0 amide bonds. The van der Waals surface area contributed by atoms with Gasteiger partial charge in [-0.3, -0.25) is 0 Å². The second kappa shape index (κ2) is 5.01. The van der Waals surface area contributed by atoms with Crippen molar-refractivity contribution < 1.29 is 4.74 Å².